The molecule has 118 valence electrons. The molecule has 1 aromatic carbocycles. The molecule has 0 aliphatic carbocycles. The summed E-state index contributed by atoms with van der Waals surface area (Å²) >= 11 is 0. The second-order valence-electron chi connectivity index (χ2n) is 5.27. The number of ether oxygens (including phenoxy) is 1. The predicted octanol–water partition coefficient (Wildman–Crippen LogP) is 2.17. The molecular formula is C16H25ClN2O2. The van der Waals surface area contributed by atoms with Crippen molar-refractivity contribution in [3.05, 3.63) is 29.8 Å². The molecule has 5 heteroatoms. The zero-order valence-corrected chi connectivity index (χ0v) is 13.4. The van der Waals surface area contributed by atoms with Gasteiger partial charge in [0, 0.05) is 6.54 Å². The summed E-state index contributed by atoms with van der Waals surface area (Å²) in [5, 5.41) is 6.31. The predicted molar refractivity (Wildman–Crippen MR) is 87.2 cm³/mol. The molecule has 0 saturated carbocycles. The molecule has 1 atom stereocenters. The van der Waals surface area contributed by atoms with E-state index < -0.39 is 0 Å². The minimum absolute atomic E-state index is 0. The molecule has 1 fully saturated rings. The first kappa shape index (κ1) is 17.8. The molecule has 1 aliphatic heterocycles. The van der Waals surface area contributed by atoms with Crippen molar-refractivity contribution in [2.45, 2.75) is 26.2 Å². The van der Waals surface area contributed by atoms with Crippen molar-refractivity contribution in [2.24, 2.45) is 5.92 Å². The van der Waals surface area contributed by atoms with Crippen LogP contribution in [-0.4, -0.2) is 32.1 Å². The van der Waals surface area contributed by atoms with Crippen LogP contribution in [0.1, 0.15) is 25.3 Å². The minimum atomic E-state index is -0.0403. The number of aryl methyl sites for hydroxylation is 1. The molecule has 1 saturated heterocycles. The number of benzene rings is 1. The van der Waals surface area contributed by atoms with Gasteiger partial charge >= 0.3 is 0 Å². The molecular weight excluding hydrogens is 288 g/mol. The lowest BCUT2D eigenvalue weighted by Crippen LogP contribution is -2.39. The van der Waals surface area contributed by atoms with Crippen molar-refractivity contribution < 1.29 is 9.53 Å². The van der Waals surface area contributed by atoms with E-state index in [2.05, 4.69) is 17.6 Å². The third-order valence-corrected chi connectivity index (χ3v) is 3.70. The Labute approximate surface area is 133 Å². The Hall–Kier alpha value is -1.26. The van der Waals surface area contributed by atoms with Gasteiger partial charge in [0.15, 0.2) is 6.61 Å². The number of nitrogens with one attached hydrogen (secondary N) is 2. The number of carbonyl (C=O) groups is 1. The van der Waals surface area contributed by atoms with Crippen LogP contribution in [0.2, 0.25) is 0 Å². The highest BCUT2D eigenvalue weighted by Gasteiger charge is 2.14. The lowest BCUT2D eigenvalue weighted by molar-refractivity contribution is -0.123. The number of para-hydroxylation sites is 1. The van der Waals surface area contributed by atoms with Gasteiger partial charge in [-0.2, -0.15) is 0 Å². The fourth-order valence-electron chi connectivity index (χ4n) is 2.49. The third-order valence-electron chi connectivity index (χ3n) is 3.70. The number of hydrogen-bond acceptors (Lipinski definition) is 3. The summed E-state index contributed by atoms with van der Waals surface area (Å²) in [7, 11) is 0. The average molecular weight is 313 g/mol. The number of rotatable bonds is 6. The quantitative estimate of drug-likeness (QED) is 0.846. The van der Waals surface area contributed by atoms with Gasteiger partial charge in [0.1, 0.15) is 5.75 Å². The fraction of sp³-hybridized carbons (Fsp3) is 0.562. The van der Waals surface area contributed by atoms with Crippen molar-refractivity contribution >= 4 is 18.3 Å². The topological polar surface area (TPSA) is 50.4 Å². The highest BCUT2D eigenvalue weighted by Crippen LogP contribution is 2.17. The van der Waals surface area contributed by atoms with Crippen LogP contribution < -0.4 is 15.4 Å². The number of carbonyl (C=O) groups excluding carboxylic acids is 1. The molecule has 0 spiro atoms. The lowest BCUT2D eigenvalue weighted by Gasteiger charge is -2.22. The van der Waals surface area contributed by atoms with Gasteiger partial charge in [-0.25, -0.2) is 0 Å². The highest BCUT2D eigenvalue weighted by atomic mass is 35.5. The van der Waals surface area contributed by atoms with Gasteiger partial charge in [0.25, 0.3) is 5.91 Å². The van der Waals surface area contributed by atoms with Gasteiger partial charge in [-0.05, 0) is 49.9 Å². The molecule has 1 aliphatic rings. The first-order chi connectivity index (χ1) is 9.79. The Morgan fingerprint density at radius 2 is 2.24 bits per heavy atom. The lowest BCUT2D eigenvalue weighted by atomic mass is 10.00. The standard InChI is InChI=1S/C16H24N2O2.ClH/c1-2-14-7-3-4-8-15(14)20-12-16(19)18-11-13-6-5-9-17-10-13;/h3-4,7-8,13,17H,2,5-6,9-12H2,1H3,(H,18,19);1H. The Bertz CT molecular complexity index is 434. The molecule has 0 aromatic heterocycles. The van der Waals surface area contributed by atoms with E-state index in [-0.39, 0.29) is 24.9 Å². The van der Waals surface area contributed by atoms with Crippen molar-refractivity contribution in [2.75, 3.05) is 26.2 Å². The van der Waals surface area contributed by atoms with Crippen LogP contribution in [0.15, 0.2) is 24.3 Å². The van der Waals surface area contributed by atoms with E-state index in [1.165, 1.54) is 12.8 Å². The van der Waals surface area contributed by atoms with Crippen LogP contribution in [0.3, 0.4) is 0 Å². The summed E-state index contributed by atoms with van der Waals surface area (Å²) in [6.45, 7) is 5.02. The molecule has 1 unspecified atom stereocenters. The number of piperidine rings is 1. The van der Waals surface area contributed by atoms with Gasteiger partial charge in [-0.1, -0.05) is 25.1 Å². The fourth-order valence-corrected chi connectivity index (χ4v) is 2.49. The zero-order valence-electron chi connectivity index (χ0n) is 12.6. The van der Waals surface area contributed by atoms with E-state index in [9.17, 15) is 4.79 Å². The molecule has 0 bridgehead atoms. The van der Waals surface area contributed by atoms with E-state index >= 15 is 0 Å². The summed E-state index contributed by atoms with van der Waals surface area (Å²) in [6, 6.07) is 7.86. The molecule has 4 nitrogen and oxygen atoms in total. The molecule has 21 heavy (non-hydrogen) atoms. The number of halogens is 1. The van der Waals surface area contributed by atoms with Crippen molar-refractivity contribution in [1.29, 1.82) is 0 Å². The first-order valence-corrected chi connectivity index (χ1v) is 7.47. The molecule has 2 rings (SSSR count). The molecule has 2 N–H and O–H groups in total. The molecule has 0 radical (unpaired) electrons. The van der Waals surface area contributed by atoms with Crippen molar-refractivity contribution in [3.8, 4) is 5.75 Å². The van der Waals surface area contributed by atoms with Crippen LogP contribution in [0, 0.1) is 5.92 Å². The van der Waals surface area contributed by atoms with Crippen LogP contribution in [0.25, 0.3) is 0 Å². The van der Waals surface area contributed by atoms with Gasteiger partial charge in [0.05, 0.1) is 0 Å². The molecule has 1 amide bonds. The Morgan fingerprint density at radius 1 is 1.43 bits per heavy atom. The smallest absolute Gasteiger partial charge is 0.257 e. The second-order valence-corrected chi connectivity index (χ2v) is 5.27. The average Bonchev–Trinajstić information content (AvgIpc) is 2.52. The molecule has 1 heterocycles. The van der Waals surface area contributed by atoms with E-state index in [4.69, 9.17) is 4.74 Å². The van der Waals surface area contributed by atoms with E-state index in [0.29, 0.717) is 5.92 Å². The first-order valence-electron chi connectivity index (χ1n) is 7.47. The van der Waals surface area contributed by atoms with Crippen LogP contribution in [0.4, 0.5) is 0 Å². The van der Waals surface area contributed by atoms with Gasteiger partial charge < -0.3 is 15.4 Å². The summed E-state index contributed by atoms with van der Waals surface area (Å²) in [6.07, 6.45) is 3.29. The van der Waals surface area contributed by atoms with Gasteiger partial charge in [0.2, 0.25) is 0 Å². The second kappa shape index (κ2) is 9.64. The van der Waals surface area contributed by atoms with Gasteiger partial charge in [-0.3, -0.25) is 4.79 Å². The summed E-state index contributed by atoms with van der Waals surface area (Å²) < 4.78 is 5.60. The Balaban J connectivity index is 0.00000220. The maximum atomic E-state index is 11.8. The zero-order chi connectivity index (χ0) is 14.2. The van der Waals surface area contributed by atoms with Crippen LogP contribution >= 0.6 is 12.4 Å². The maximum Gasteiger partial charge on any atom is 0.257 e. The summed E-state index contributed by atoms with van der Waals surface area (Å²) in [5.41, 5.74) is 1.14. The number of amides is 1. The van der Waals surface area contributed by atoms with Crippen LogP contribution in [0.5, 0.6) is 5.75 Å². The largest absolute Gasteiger partial charge is 0.483 e. The monoisotopic (exact) mass is 312 g/mol. The van der Waals surface area contributed by atoms with E-state index in [0.717, 1.165) is 37.4 Å². The maximum absolute atomic E-state index is 11.8. The summed E-state index contributed by atoms with van der Waals surface area (Å²) in [4.78, 5) is 11.8. The highest BCUT2D eigenvalue weighted by molar-refractivity contribution is 5.85. The molecule has 1 aromatic rings. The Kier molecular flexibility index (Phi) is 8.16. The minimum Gasteiger partial charge on any atom is -0.483 e. The SMILES string of the molecule is CCc1ccccc1OCC(=O)NCC1CCCNC1.Cl. The third kappa shape index (κ3) is 5.94. The number of hydrogen-bond donors (Lipinski definition) is 2. The van der Waals surface area contributed by atoms with Gasteiger partial charge in [-0.15, -0.1) is 12.4 Å². The Morgan fingerprint density at radius 3 is 2.95 bits per heavy atom. The normalized spacial score (nSPS) is 17.7. The van der Waals surface area contributed by atoms with Crippen molar-refractivity contribution in [1.82, 2.24) is 10.6 Å². The van der Waals surface area contributed by atoms with Crippen molar-refractivity contribution in [3.63, 3.8) is 0 Å². The van der Waals surface area contributed by atoms with E-state index in [1.807, 2.05) is 24.3 Å². The van der Waals surface area contributed by atoms with Crippen LogP contribution in [-0.2, 0) is 11.2 Å². The van der Waals surface area contributed by atoms with E-state index in [1.54, 1.807) is 0 Å². The summed E-state index contributed by atoms with van der Waals surface area (Å²) in [5.74, 6) is 1.32.